The Labute approximate surface area is 65.0 Å². The molecule has 0 aromatic carbocycles. The molecule has 0 radical (unpaired) electrons. The summed E-state index contributed by atoms with van der Waals surface area (Å²) in [6.45, 7) is 7.17. The number of hydrogen-bond donors (Lipinski definition) is 0. The third-order valence-corrected chi connectivity index (χ3v) is 3.40. The maximum absolute atomic E-state index is 2.43. The van der Waals surface area contributed by atoms with Crippen LogP contribution in [0.3, 0.4) is 0 Å². The smallest absolute Gasteiger partial charge is 0.0389 e. The Bertz CT molecular complexity index is 96.2. The highest BCUT2D eigenvalue weighted by Crippen LogP contribution is 2.35. The molecule has 0 saturated heterocycles. The van der Waals surface area contributed by atoms with Crippen molar-refractivity contribution in [1.29, 1.82) is 0 Å². The van der Waals surface area contributed by atoms with E-state index in [2.05, 4.69) is 20.8 Å². The van der Waals surface area contributed by atoms with E-state index in [0.717, 1.165) is 17.8 Å². The molecule has 10 heavy (non-hydrogen) atoms. The molecule has 1 aliphatic rings. The number of hydrogen-bond acceptors (Lipinski definition) is 0. The van der Waals surface area contributed by atoms with Gasteiger partial charge in [0.05, 0.1) is 0 Å². The van der Waals surface area contributed by atoms with Crippen LogP contribution in [0.15, 0.2) is 0 Å². The van der Waals surface area contributed by atoms with E-state index in [1.165, 1.54) is 25.7 Å². The standard InChI is InChI=1S/C10H20/c1-4-10-7-5-6-8(2)9(10)3/h8-10H,4-7H2,1-3H3/t8-,9+,10+/m0/s1. The molecule has 0 N–H and O–H groups in total. The second kappa shape index (κ2) is 3.41. The lowest BCUT2D eigenvalue weighted by molar-refractivity contribution is 0.178. The summed E-state index contributed by atoms with van der Waals surface area (Å²) in [4.78, 5) is 0. The lowest BCUT2D eigenvalue weighted by Crippen LogP contribution is -2.23. The van der Waals surface area contributed by atoms with Crippen molar-refractivity contribution in [3.05, 3.63) is 0 Å². The van der Waals surface area contributed by atoms with E-state index in [-0.39, 0.29) is 0 Å². The van der Waals surface area contributed by atoms with E-state index in [0.29, 0.717) is 0 Å². The molecule has 0 bridgehead atoms. The topological polar surface area (TPSA) is 0 Å². The van der Waals surface area contributed by atoms with Crippen molar-refractivity contribution >= 4 is 0 Å². The van der Waals surface area contributed by atoms with Gasteiger partial charge in [-0.15, -0.1) is 0 Å². The molecule has 3 atom stereocenters. The van der Waals surface area contributed by atoms with Gasteiger partial charge in [0.15, 0.2) is 0 Å². The Morgan fingerprint density at radius 2 is 1.90 bits per heavy atom. The van der Waals surface area contributed by atoms with Crippen LogP contribution >= 0.6 is 0 Å². The maximum Gasteiger partial charge on any atom is -0.0389 e. The van der Waals surface area contributed by atoms with Gasteiger partial charge in [0.1, 0.15) is 0 Å². The molecule has 1 rings (SSSR count). The predicted octanol–water partition coefficient (Wildman–Crippen LogP) is 3.47. The van der Waals surface area contributed by atoms with E-state index in [1.807, 2.05) is 0 Å². The minimum absolute atomic E-state index is 0.985. The van der Waals surface area contributed by atoms with Crippen molar-refractivity contribution in [2.75, 3.05) is 0 Å². The minimum atomic E-state index is 0.985. The maximum atomic E-state index is 2.43. The highest BCUT2D eigenvalue weighted by molar-refractivity contribution is 4.75. The van der Waals surface area contributed by atoms with Crippen LogP contribution in [-0.2, 0) is 0 Å². The van der Waals surface area contributed by atoms with E-state index in [1.54, 1.807) is 0 Å². The zero-order valence-corrected chi connectivity index (χ0v) is 7.56. The molecular formula is C10H20. The average molecular weight is 140 g/mol. The van der Waals surface area contributed by atoms with Crippen LogP contribution in [0, 0.1) is 17.8 Å². The fourth-order valence-corrected chi connectivity index (χ4v) is 2.27. The van der Waals surface area contributed by atoms with Gasteiger partial charge >= 0.3 is 0 Å². The minimum Gasteiger partial charge on any atom is -0.0651 e. The van der Waals surface area contributed by atoms with Gasteiger partial charge in [-0.25, -0.2) is 0 Å². The van der Waals surface area contributed by atoms with Gasteiger partial charge in [-0.3, -0.25) is 0 Å². The normalized spacial score (nSPS) is 41.7. The van der Waals surface area contributed by atoms with Gasteiger partial charge in [-0.1, -0.05) is 46.5 Å². The lowest BCUT2D eigenvalue weighted by atomic mass is 9.73. The zero-order valence-electron chi connectivity index (χ0n) is 7.56. The molecule has 1 fully saturated rings. The molecule has 1 saturated carbocycles. The van der Waals surface area contributed by atoms with Crippen LogP contribution < -0.4 is 0 Å². The van der Waals surface area contributed by atoms with Gasteiger partial charge in [-0.2, -0.15) is 0 Å². The Morgan fingerprint density at radius 1 is 1.20 bits per heavy atom. The second-order valence-electron chi connectivity index (χ2n) is 3.94. The molecule has 0 aliphatic heterocycles. The summed E-state index contributed by atoms with van der Waals surface area (Å²) in [6, 6.07) is 0. The van der Waals surface area contributed by atoms with Crippen molar-refractivity contribution in [3.63, 3.8) is 0 Å². The van der Waals surface area contributed by atoms with Crippen molar-refractivity contribution in [2.45, 2.75) is 46.5 Å². The predicted molar refractivity (Wildman–Crippen MR) is 46.0 cm³/mol. The monoisotopic (exact) mass is 140 g/mol. The summed E-state index contributed by atoms with van der Waals surface area (Å²) in [5.74, 6) is 3.00. The van der Waals surface area contributed by atoms with Gasteiger partial charge in [0, 0.05) is 0 Å². The summed E-state index contributed by atoms with van der Waals surface area (Å²) < 4.78 is 0. The first kappa shape index (κ1) is 8.10. The van der Waals surface area contributed by atoms with Crippen LogP contribution in [0.4, 0.5) is 0 Å². The number of rotatable bonds is 1. The summed E-state index contributed by atoms with van der Waals surface area (Å²) in [5.41, 5.74) is 0. The molecule has 0 heterocycles. The molecule has 0 aromatic rings. The Morgan fingerprint density at radius 3 is 2.40 bits per heavy atom. The molecular weight excluding hydrogens is 120 g/mol. The molecule has 1 aliphatic carbocycles. The first-order valence-electron chi connectivity index (χ1n) is 4.75. The van der Waals surface area contributed by atoms with Crippen molar-refractivity contribution < 1.29 is 0 Å². The van der Waals surface area contributed by atoms with Crippen LogP contribution in [0.2, 0.25) is 0 Å². The largest absolute Gasteiger partial charge is 0.0651 e. The second-order valence-corrected chi connectivity index (χ2v) is 3.94. The molecule has 0 aromatic heterocycles. The van der Waals surface area contributed by atoms with Crippen molar-refractivity contribution in [1.82, 2.24) is 0 Å². The fraction of sp³-hybridized carbons (Fsp3) is 1.00. The first-order chi connectivity index (χ1) is 4.75. The van der Waals surface area contributed by atoms with E-state index < -0.39 is 0 Å². The SMILES string of the molecule is CC[C@@H]1CCC[C@H](C)[C@H]1C. The zero-order chi connectivity index (χ0) is 7.56. The van der Waals surface area contributed by atoms with Crippen molar-refractivity contribution in [3.8, 4) is 0 Å². The third-order valence-electron chi connectivity index (χ3n) is 3.40. The Balaban J connectivity index is 2.42. The van der Waals surface area contributed by atoms with Gasteiger partial charge in [0.2, 0.25) is 0 Å². The lowest BCUT2D eigenvalue weighted by Gasteiger charge is -2.33. The van der Waals surface area contributed by atoms with Crippen LogP contribution in [-0.4, -0.2) is 0 Å². The highest BCUT2D eigenvalue weighted by atomic mass is 14.3. The van der Waals surface area contributed by atoms with Crippen molar-refractivity contribution in [2.24, 2.45) is 17.8 Å². The summed E-state index contributed by atoms with van der Waals surface area (Å²) >= 11 is 0. The quantitative estimate of drug-likeness (QED) is 0.523. The van der Waals surface area contributed by atoms with Crippen LogP contribution in [0.5, 0.6) is 0 Å². The van der Waals surface area contributed by atoms with Gasteiger partial charge in [-0.05, 0) is 17.8 Å². The summed E-state index contributed by atoms with van der Waals surface area (Å²) in [7, 11) is 0. The van der Waals surface area contributed by atoms with E-state index in [9.17, 15) is 0 Å². The molecule has 0 amide bonds. The Kier molecular flexibility index (Phi) is 2.76. The molecule has 0 heteroatoms. The summed E-state index contributed by atoms with van der Waals surface area (Å²) in [5, 5.41) is 0. The molecule has 0 nitrogen and oxygen atoms in total. The van der Waals surface area contributed by atoms with Crippen LogP contribution in [0.25, 0.3) is 0 Å². The van der Waals surface area contributed by atoms with Gasteiger partial charge in [0.25, 0.3) is 0 Å². The van der Waals surface area contributed by atoms with Crippen LogP contribution in [0.1, 0.15) is 46.5 Å². The molecule has 0 unspecified atom stereocenters. The fourth-order valence-electron chi connectivity index (χ4n) is 2.27. The van der Waals surface area contributed by atoms with Gasteiger partial charge < -0.3 is 0 Å². The summed E-state index contributed by atoms with van der Waals surface area (Å²) in [6.07, 6.45) is 5.83. The first-order valence-corrected chi connectivity index (χ1v) is 4.75. The Hall–Kier alpha value is 0. The molecule has 60 valence electrons. The highest BCUT2D eigenvalue weighted by Gasteiger charge is 2.24. The third kappa shape index (κ3) is 1.53. The molecule has 0 spiro atoms. The average Bonchev–Trinajstić information content (AvgIpc) is 1.95. The van der Waals surface area contributed by atoms with E-state index in [4.69, 9.17) is 0 Å². The van der Waals surface area contributed by atoms with E-state index >= 15 is 0 Å².